The number of hydrogen-bond donors (Lipinski definition) is 1. The van der Waals surface area contributed by atoms with E-state index in [0.29, 0.717) is 0 Å². The molecule has 0 aromatic carbocycles. The summed E-state index contributed by atoms with van der Waals surface area (Å²) in [5.41, 5.74) is 0. The third-order valence-corrected chi connectivity index (χ3v) is 4.67. The van der Waals surface area contributed by atoms with Crippen LogP contribution < -0.4 is 5.32 Å². The molecular formula is C15H26N2O2. The lowest BCUT2D eigenvalue weighted by molar-refractivity contribution is -0.152. The molecule has 1 aliphatic heterocycles. The van der Waals surface area contributed by atoms with Crippen molar-refractivity contribution >= 4 is 11.8 Å². The highest BCUT2D eigenvalue weighted by Crippen LogP contribution is 2.35. The van der Waals surface area contributed by atoms with Gasteiger partial charge in [0.15, 0.2) is 0 Å². The van der Waals surface area contributed by atoms with Gasteiger partial charge < -0.3 is 10.2 Å². The molecule has 0 aromatic rings. The number of rotatable bonds is 5. The van der Waals surface area contributed by atoms with E-state index in [4.69, 9.17) is 0 Å². The molecule has 0 bridgehead atoms. The quantitative estimate of drug-likeness (QED) is 0.826. The molecule has 2 fully saturated rings. The van der Waals surface area contributed by atoms with E-state index >= 15 is 0 Å². The molecular weight excluding hydrogens is 240 g/mol. The van der Waals surface area contributed by atoms with E-state index in [1.807, 2.05) is 18.7 Å². The number of carbonyl (C=O) groups excluding carboxylic acids is 2. The van der Waals surface area contributed by atoms with Crippen LogP contribution in [-0.4, -0.2) is 34.8 Å². The van der Waals surface area contributed by atoms with Crippen LogP contribution in [0.5, 0.6) is 0 Å². The molecule has 4 nitrogen and oxygen atoms in total. The average Bonchev–Trinajstić information content (AvgIpc) is 3.17. The maximum absolute atomic E-state index is 12.6. The minimum atomic E-state index is -0.338. The van der Waals surface area contributed by atoms with E-state index in [-0.39, 0.29) is 35.9 Å². The summed E-state index contributed by atoms with van der Waals surface area (Å²) in [4.78, 5) is 26.5. The van der Waals surface area contributed by atoms with Crippen LogP contribution in [0, 0.1) is 11.8 Å². The number of carbonyl (C=O) groups is 2. The van der Waals surface area contributed by atoms with Crippen LogP contribution in [0.15, 0.2) is 0 Å². The minimum Gasteiger partial charge on any atom is -0.342 e. The Bertz CT molecular complexity index is 365. The topological polar surface area (TPSA) is 49.4 Å². The summed E-state index contributed by atoms with van der Waals surface area (Å²) in [5.74, 6) is 1.06. The molecule has 2 aliphatic rings. The Morgan fingerprint density at radius 1 is 1.32 bits per heavy atom. The molecule has 1 aliphatic carbocycles. The third-order valence-electron chi connectivity index (χ3n) is 4.67. The summed E-state index contributed by atoms with van der Waals surface area (Å²) < 4.78 is 0. The normalized spacial score (nSPS) is 31.1. The minimum absolute atomic E-state index is 0.00690. The van der Waals surface area contributed by atoms with Gasteiger partial charge in [0.1, 0.15) is 12.1 Å². The number of nitrogens with one attached hydrogen (secondary N) is 1. The van der Waals surface area contributed by atoms with E-state index < -0.39 is 0 Å². The molecule has 2 amide bonds. The van der Waals surface area contributed by atoms with Crippen LogP contribution in [0.4, 0.5) is 0 Å². The van der Waals surface area contributed by atoms with Gasteiger partial charge in [-0.3, -0.25) is 9.59 Å². The van der Waals surface area contributed by atoms with E-state index in [0.717, 1.165) is 18.8 Å². The lowest BCUT2D eigenvalue weighted by atomic mass is 9.93. The number of amides is 2. The summed E-state index contributed by atoms with van der Waals surface area (Å²) in [6, 6.07) is -0.496. The fraction of sp³-hybridized carbons (Fsp3) is 0.867. The van der Waals surface area contributed by atoms with Crippen molar-refractivity contribution in [3.05, 3.63) is 0 Å². The SMILES string of the molecule is CCC(C)C1NC(=O)C(C)N(C(C)CC2CC2)C1=O. The fourth-order valence-electron chi connectivity index (χ4n) is 2.98. The van der Waals surface area contributed by atoms with Gasteiger partial charge in [0.05, 0.1) is 0 Å². The second kappa shape index (κ2) is 5.51. The van der Waals surface area contributed by atoms with Gasteiger partial charge >= 0.3 is 0 Å². The monoisotopic (exact) mass is 266 g/mol. The molecule has 1 saturated heterocycles. The van der Waals surface area contributed by atoms with Crippen molar-refractivity contribution in [2.45, 2.75) is 71.5 Å². The summed E-state index contributed by atoms with van der Waals surface area (Å²) in [6.07, 6.45) is 4.50. The molecule has 108 valence electrons. The molecule has 1 heterocycles. The van der Waals surface area contributed by atoms with Crippen LogP contribution in [-0.2, 0) is 9.59 Å². The Labute approximate surface area is 115 Å². The highest BCUT2D eigenvalue weighted by Gasteiger charge is 2.42. The maximum atomic E-state index is 12.6. The van der Waals surface area contributed by atoms with Crippen LogP contribution in [0.25, 0.3) is 0 Å². The smallest absolute Gasteiger partial charge is 0.246 e. The zero-order chi connectivity index (χ0) is 14.2. The summed E-state index contributed by atoms with van der Waals surface area (Å²) >= 11 is 0. The first-order chi connectivity index (χ1) is 8.95. The van der Waals surface area contributed by atoms with Gasteiger partial charge in [-0.25, -0.2) is 0 Å². The third kappa shape index (κ3) is 2.93. The predicted molar refractivity (Wildman–Crippen MR) is 74.5 cm³/mol. The summed E-state index contributed by atoms with van der Waals surface area (Å²) in [6.45, 7) is 8.01. The van der Waals surface area contributed by atoms with Crippen molar-refractivity contribution in [2.75, 3.05) is 0 Å². The van der Waals surface area contributed by atoms with E-state index in [1.165, 1.54) is 12.8 Å². The van der Waals surface area contributed by atoms with Crippen molar-refractivity contribution in [1.29, 1.82) is 0 Å². The summed E-state index contributed by atoms with van der Waals surface area (Å²) in [5, 5.41) is 2.89. The van der Waals surface area contributed by atoms with Gasteiger partial charge in [0.2, 0.25) is 11.8 Å². The fourth-order valence-corrected chi connectivity index (χ4v) is 2.98. The lowest BCUT2D eigenvalue weighted by Gasteiger charge is -2.42. The van der Waals surface area contributed by atoms with Crippen molar-refractivity contribution in [3.8, 4) is 0 Å². The lowest BCUT2D eigenvalue weighted by Crippen LogP contribution is -2.66. The van der Waals surface area contributed by atoms with E-state index in [1.54, 1.807) is 0 Å². The zero-order valence-corrected chi connectivity index (χ0v) is 12.5. The molecule has 0 aromatic heterocycles. The average molecular weight is 266 g/mol. The molecule has 2 rings (SSSR count). The van der Waals surface area contributed by atoms with Crippen LogP contribution >= 0.6 is 0 Å². The van der Waals surface area contributed by atoms with Gasteiger partial charge in [0, 0.05) is 6.04 Å². The Morgan fingerprint density at radius 3 is 2.47 bits per heavy atom. The standard InChI is InChI=1S/C15H26N2O2/c1-5-9(2)13-15(19)17(11(4)14(18)16-13)10(3)8-12-6-7-12/h9-13H,5-8H2,1-4H3,(H,16,18). The van der Waals surface area contributed by atoms with E-state index in [2.05, 4.69) is 19.2 Å². The van der Waals surface area contributed by atoms with Crippen LogP contribution in [0.1, 0.15) is 53.4 Å². The first-order valence-corrected chi connectivity index (χ1v) is 7.58. The molecule has 1 saturated carbocycles. The second-order valence-corrected chi connectivity index (χ2v) is 6.32. The Morgan fingerprint density at radius 2 is 1.95 bits per heavy atom. The van der Waals surface area contributed by atoms with Gasteiger partial charge in [-0.1, -0.05) is 33.1 Å². The van der Waals surface area contributed by atoms with Gasteiger partial charge in [-0.2, -0.15) is 0 Å². The zero-order valence-electron chi connectivity index (χ0n) is 12.5. The molecule has 0 radical (unpaired) electrons. The van der Waals surface area contributed by atoms with Crippen molar-refractivity contribution in [3.63, 3.8) is 0 Å². The van der Waals surface area contributed by atoms with Gasteiger partial charge in [-0.15, -0.1) is 0 Å². The molecule has 4 atom stereocenters. The van der Waals surface area contributed by atoms with E-state index in [9.17, 15) is 9.59 Å². The largest absolute Gasteiger partial charge is 0.342 e. The Hall–Kier alpha value is -1.06. The maximum Gasteiger partial charge on any atom is 0.246 e. The highest BCUT2D eigenvalue weighted by atomic mass is 16.2. The highest BCUT2D eigenvalue weighted by molar-refractivity contribution is 5.97. The van der Waals surface area contributed by atoms with Crippen LogP contribution in [0.2, 0.25) is 0 Å². The number of hydrogen-bond acceptors (Lipinski definition) is 2. The summed E-state index contributed by atoms with van der Waals surface area (Å²) in [7, 11) is 0. The molecule has 4 unspecified atom stereocenters. The van der Waals surface area contributed by atoms with Crippen LogP contribution in [0.3, 0.4) is 0 Å². The molecule has 4 heteroatoms. The predicted octanol–water partition coefficient (Wildman–Crippen LogP) is 1.94. The Balaban J connectivity index is 2.12. The Kier molecular flexibility index (Phi) is 4.16. The first kappa shape index (κ1) is 14.4. The van der Waals surface area contributed by atoms with Gasteiger partial charge in [-0.05, 0) is 32.1 Å². The van der Waals surface area contributed by atoms with Crippen molar-refractivity contribution in [1.82, 2.24) is 10.2 Å². The number of nitrogens with zero attached hydrogens (tertiary/aromatic N) is 1. The molecule has 19 heavy (non-hydrogen) atoms. The van der Waals surface area contributed by atoms with Crippen molar-refractivity contribution < 1.29 is 9.59 Å². The van der Waals surface area contributed by atoms with Gasteiger partial charge in [0.25, 0.3) is 0 Å². The second-order valence-electron chi connectivity index (χ2n) is 6.32. The number of piperazine rings is 1. The van der Waals surface area contributed by atoms with Crippen molar-refractivity contribution in [2.24, 2.45) is 11.8 Å². The molecule has 1 N–H and O–H groups in total. The molecule has 0 spiro atoms. The first-order valence-electron chi connectivity index (χ1n) is 7.58.